The Labute approximate surface area is 300 Å². The predicted molar refractivity (Wildman–Crippen MR) is 210 cm³/mol. The van der Waals surface area contributed by atoms with E-state index in [2.05, 4.69) is 97.1 Å². The van der Waals surface area contributed by atoms with Crippen LogP contribution >= 0.6 is 0 Å². The van der Waals surface area contributed by atoms with E-state index in [1.807, 2.05) is 36.4 Å². The quantitative estimate of drug-likeness (QED) is 0.164. The van der Waals surface area contributed by atoms with Crippen molar-refractivity contribution < 1.29 is 8.78 Å². The summed E-state index contributed by atoms with van der Waals surface area (Å²) >= 11 is 0. The molecule has 4 heteroatoms. The maximum absolute atomic E-state index is 14.1. The summed E-state index contributed by atoms with van der Waals surface area (Å²) in [7, 11) is 0. The highest BCUT2D eigenvalue weighted by atomic mass is 19.1. The number of nitrogens with zero attached hydrogens (tertiary/aromatic N) is 2. The van der Waals surface area contributed by atoms with Gasteiger partial charge in [-0.1, -0.05) is 121 Å². The molecule has 0 spiro atoms. The molecular weight excluding hydrogens is 643 g/mol. The molecule has 0 radical (unpaired) electrons. The van der Waals surface area contributed by atoms with E-state index in [1.54, 1.807) is 24.3 Å². The highest BCUT2D eigenvalue weighted by Crippen LogP contribution is 2.40. The van der Waals surface area contributed by atoms with Crippen LogP contribution in [0.3, 0.4) is 0 Å². The average molecular weight is 673 g/mol. The van der Waals surface area contributed by atoms with Crippen molar-refractivity contribution in [3.63, 3.8) is 0 Å². The summed E-state index contributed by atoms with van der Waals surface area (Å²) in [5, 5.41) is 1.89. The van der Waals surface area contributed by atoms with Gasteiger partial charge in [0.15, 0.2) is 0 Å². The topological polar surface area (TPSA) is 25.8 Å². The predicted octanol–water partition coefficient (Wildman–Crippen LogP) is 13.1. The molecule has 0 aliphatic heterocycles. The van der Waals surface area contributed by atoms with Gasteiger partial charge in [0.25, 0.3) is 0 Å². The molecule has 2 nitrogen and oxygen atoms in total. The zero-order valence-electron chi connectivity index (χ0n) is 28.0. The smallest absolute Gasteiger partial charge is 0.123 e. The Kier molecular flexibility index (Phi) is 7.90. The third-order valence-corrected chi connectivity index (χ3v) is 9.64. The number of hydrogen-bond acceptors (Lipinski definition) is 2. The largest absolute Gasteiger partial charge is 0.245 e. The molecule has 0 fully saturated rings. The van der Waals surface area contributed by atoms with Crippen LogP contribution in [0.25, 0.3) is 88.8 Å². The minimum absolute atomic E-state index is 0.305. The van der Waals surface area contributed by atoms with Crippen LogP contribution in [-0.2, 0) is 0 Å². The molecule has 52 heavy (non-hydrogen) atoms. The lowest BCUT2D eigenvalue weighted by atomic mass is 9.92. The van der Waals surface area contributed by atoms with E-state index in [1.165, 1.54) is 24.3 Å². The Balaban J connectivity index is 1.29. The van der Waals surface area contributed by atoms with E-state index in [0.717, 1.165) is 77.4 Å². The molecule has 2 heterocycles. The summed E-state index contributed by atoms with van der Waals surface area (Å²) in [5.74, 6) is -0.611. The first-order valence-corrected chi connectivity index (χ1v) is 17.2. The molecular formula is C48H30F2N2. The summed E-state index contributed by atoms with van der Waals surface area (Å²) < 4.78 is 28.2. The SMILES string of the molecule is Fc1ccc(-c2cc(-c3ccc(-c4ccccc4)cc3)c3ccc4c(-c5ccc(-c6ccccc6)cc5)cc(-c5ccc(F)cc5)nc4c3n2)cc1. The van der Waals surface area contributed by atoms with Gasteiger partial charge in [0.05, 0.1) is 22.4 Å². The number of hydrogen-bond donors (Lipinski definition) is 0. The Morgan fingerprint density at radius 3 is 0.962 bits per heavy atom. The second-order valence-corrected chi connectivity index (χ2v) is 12.9. The van der Waals surface area contributed by atoms with Gasteiger partial charge < -0.3 is 0 Å². The van der Waals surface area contributed by atoms with Crippen molar-refractivity contribution in [2.45, 2.75) is 0 Å². The molecule has 0 saturated heterocycles. The van der Waals surface area contributed by atoms with E-state index in [-0.39, 0.29) is 11.6 Å². The highest BCUT2D eigenvalue weighted by Gasteiger charge is 2.18. The lowest BCUT2D eigenvalue weighted by Gasteiger charge is -2.16. The minimum Gasteiger partial charge on any atom is -0.245 e. The Hall–Kier alpha value is -6.78. The molecule has 7 aromatic carbocycles. The van der Waals surface area contributed by atoms with Crippen molar-refractivity contribution in [3.8, 4) is 67.0 Å². The molecule has 9 aromatic rings. The minimum atomic E-state index is -0.305. The molecule has 0 bridgehead atoms. The number of rotatable bonds is 6. The maximum atomic E-state index is 14.1. The molecule has 0 N–H and O–H groups in total. The van der Waals surface area contributed by atoms with Crippen molar-refractivity contribution in [2.75, 3.05) is 0 Å². The van der Waals surface area contributed by atoms with Gasteiger partial charge in [-0.3, -0.25) is 0 Å². The summed E-state index contributed by atoms with van der Waals surface area (Å²) in [6.07, 6.45) is 0. The molecule has 0 aliphatic rings. The van der Waals surface area contributed by atoms with Crippen LogP contribution in [0.15, 0.2) is 182 Å². The van der Waals surface area contributed by atoms with Crippen LogP contribution in [0.5, 0.6) is 0 Å². The van der Waals surface area contributed by atoms with E-state index in [4.69, 9.17) is 9.97 Å². The Morgan fingerprint density at radius 1 is 0.288 bits per heavy atom. The lowest BCUT2D eigenvalue weighted by Crippen LogP contribution is -1.96. The summed E-state index contributed by atoms with van der Waals surface area (Å²) in [5.41, 5.74) is 13.1. The summed E-state index contributed by atoms with van der Waals surface area (Å²) in [6.45, 7) is 0. The average Bonchev–Trinajstić information content (AvgIpc) is 3.21. The second kappa shape index (κ2) is 13.2. The molecule has 246 valence electrons. The van der Waals surface area contributed by atoms with Gasteiger partial charge in [-0.2, -0.15) is 0 Å². The number of pyridine rings is 2. The zero-order chi connectivity index (χ0) is 35.0. The zero-order valence-corrected chi connectivity index (χ0v) is 28.0. The van der Waals surface area contributed by atoms with Crippen molar-refractivity contribution in [1.82, 2.24) is 9.97 Å². The molecule has 0 amide bonds. The van der Waals surface area contributed by atoms with Gasteiger partial charge in [0.2, 0.25) is 0 Å². The van der Waals surface area contributed by atoms with Crippen LogP contribution in [0, 0.1) is 11.6 Å². The molecule has 0 unspecified atom stereocenters. The fraction of sp³-hybridized carbons (Fsp3) is 0. The monoisotopic (exact) mass is 672 g/mol. The first-order chi connectivity index (χ1) is 25.6. The lowest BCUT2D eigenvalue weighted by molar-refractivity contribution is 0.627. The molecule has 2 aromatic heterocycles. The molecule has 0 atom stereocenters. The van der Waals surface area contributed by atoms with Crippen molar-refractivity contribution >= 4 is 21.8 Å². The standard InChI is InChI=1S/C48H30F2N2/c49-39-23-19-37(20-24-39)45-29-43(35-15-11-33(12-16-35)31-7-3-1-4-8-31)41-27-28-42-44(36-17-13-34(14-18-36)32-9-5-2-6-10-32)30-46(52-48(42)47(41)51-45)38-21-25-40(50)26-22-38/h1-30H. The molecule has 0 aliphatic carbocycles. The van der Waals surface area contributed by atoms with Gasteiger partial charge in [-0.15, -0.1) is 0 Å². The fourth-order valence-electron chi connectivity index (χ4n) is 6.94. The number of benzene rings is 7. The van der Waals surface area contributed by atoms with Gasteiger partial charge in [-0.25, -0.2) is 18.7 Å². The van der Waals surface area contributed by atoms with Gasteiger partial charge in [-0.05, 0) is 105 Å². The van der Waals surface area contributed by atoms with Crippen LogP contribution < -0.4 is 0 Å². The van der Waals surface area contributed by atoms with Gasteiger partial charge >= 0.3 is 0 Å². The number of aromatic nitrogens is 2. The normalized spacial score (nSPS) is 11.3. The van der Waals surface area contributed by atoms with E-state index in [9.17, 15) is 8.78 Å². The van der Waals surface area contributed by atoms with Crippen molar-refractivity contribution in [2.24, 2.45) is 0 Å². The summed E-state index contributed by atoms with van der Waals surface area (Å²) in [4.78, 5) is 10.5. The highest BCUT2D eigenvalue weighted by molar-refractivity contribution is 6.13. The molecule has 0 saturated carbocycles. The van der Waals surface area contributed by atoms with Crippen LogP contribution in [0.4, 0.5) is 8.78 Å². The fourth-order valence-corrected chi connectivity index (χ4v) is 6.94. The van der Waals surface area contributed by atoms with Crippen molar-refractivity contribution in [1.29, 1.82) is 0 Å². The van der Waals surface area contributed by atoms with E-state index in [0.29, 0.717) is 11.4 Å². The maximum Gasteiger partial charge on any atom is 0.123 e. The van der Waals surface area contributed by atoms with Crippen LogP contribution in [0.2, 0.25) is 0 Å². The first-order valence-electron chi connectivity index (χ1n) is 17.2. The second-order valence-electron chi connectivity index (χ2n) is 12.9. The van der Waals surface area contributed by atoms with Crippen molar-refractivity contribution in [3.05, 3.63) is 194 Å². The number of fused-ring (bicyclic) bond motifs is 3. The van der Waals surface area contributed by atoms with Crippen LogP contribution in [-0.4, -0.2) is 9.97 Å². The molecule has 9 rings (SSSR count). The summed E-state index contributed by atoms with van der Waals surface area (Å²) in [6, 6.07) is 59.0. The number of halogens is 2. The Bertz CT molecular complexity index is 2500. The Morgan fingerprint density at radius 2 is 0.596 bits per heavy atom. The first kappa shape index (κ1) is 31.2. The third kappa shape index (κ3) is 5.91. The van der Waals surface area contributed by atoms with Crippen LogP contribution in [0.1, 0.15) is 0 Å². The third-order valence-electron chi connectivity index (χ3n) is 9.64. The van der Waals surface area contributed by atoms with Gasteiger partial charge in [0.1, 0.15) is 11.6 Å². The van der Waals surface area contributed by atoms with E-state index >= 15 is 0 Å². The van der Waals surface area contributed by atoms with Gasteiger partial charge in [0, 0.05) is 21.9 Å². The van der Waals surface area contributed by atoms with E-state index < -0.39 is 0 Å².